The lowest BCUT2D eigenvalue weighted by Gasteiger charge is -2.44. The lowest BCUT2D eigenvalue weighted by atomic mass is 9.96. The first-order valence-corrected chi connectivity index (χ1v) is 7.58. The van der Waals surface area contributed by atoms with Gasteiger partial charge in [-0.15, -0.1) is 0 Å². The molecule has 10 heteroatoms. The van der Waals surface area contributed by atoms with Crippen molar-refractivity contribution in [3.05, 3.63) is 0 Å². The second-order valence-corrected chi connectivity index (χ2v) is 5.46. The molecular formula is C15H23NO9. The molecule has 0 aromatic carbocycles. The first kappa shape index (κ1) is 20.8. The maximum Gasteiger partial charge on any atom is 0.305 e. The van der Waals surface area contributed by atoms with E-state index < -0.39 is 54.5 Å². The van der Waals surface area contributed by atoms with Crippen LogP contribution in [0, 0.1) is 0 Å². The SMILES string of the molecule is CO[C@@H]1C(COC(C)=O)O[C@@H](OC(C)=O)C(NC(C)=O)[C@H]1OC(C)=O. The van der Waals surface area contributed by atoms with E-state index in [0.717, 1.165) is 0 Å². The van der Waals surface area contributed by atoms with Crippen molar-refractivity contribution in [2.24, 2.45) is 0 Å². The standard InChI is InChI=1S/C15H23NO9/c1-7(17)16-12-14(23-9(3)19)13(21-5)11(6-22-8(2)18)25-15(12)24-10(4)20/h11-15H,6H2,1-5H3,(H,16,17)/t11?,12?,13-,14-,15-/m1/s1. The highest BCUT2D eigenvalue weighted by atomic mass is 16.7. The van der Waals surface area contributed by atoms with Crippen molar-refractivity contribution >= 4 is 23.8 Å². The number of carbonyl (C=O) groups is 4. The zero-order chi connectivity index (χ0) is 19.1. The van der Waals surface area contributed by atoms with Crippen molar-refractivity contribution < 1.29 is 42.9 Å². The topological polar surface area (TPSA) is 126 Å². The van der Waals surface area contributed by atoms with Crippen LogP contribution in [-0.4, -0.2) is 68.2 Å². The Bertz CT molecular complexity index is 521. The Labute approximate surface area is 145 Å². The Morgan fingerprint density at radius 2 is 1.52 bits per heavy atom. The van der Waals surface area contributed by atoms with Crippen molar-refractivity contribution in [3.63, 3.8) is 0 Å². The van der Waals surface area contributed by atoms with E-state index >= 15 is 0 Å². The van der Waals surface area contributed by atoms with Gasteiger partial charge in [-0.25, -0.2) is 0 Å². The van der Waals surface area contributed by atoms with Crippen molar-refractivity contribution in [1.82, 2.24) is 5.32 Å². The summed E-state index contributed by atoms with van der Waals surface area (Å²) in [6.45, 7) is 4.61. The molecule has 1 saturated heterocycles. The Morgan fingerprint density at radius 3 is 1.96 bits per heavy atom. The number of amides is 1. The predicted molar refractivity (Wildman–Crippen MR) is 81.0 cm³/mol. The summed E-state index contributed by atoms with van der Waals surface area (Å²) in [5.74, 6) is -2.28. The molecular weight excluding hydrogens is 338 g/mol. The van der Waals surface area contributed by atoms with Crippen molar-refractivity contribution in [3.8, 4) is 0 Å². The van der Waals surface area contributed by atoms with Gasteiger partial charge in [-0.05, 0) is 0 Å². The van der Waals surface area contributed by atoms with Gasteiger partial charge in [0.2, 0.25) is 12.2 Å². The summed E-state index contributed by atoms with van der Waals surface area (Å²) in [5.41, 5.74) is 0. The van der Waals surface area contributed by atoms with Crippen LogP contribution in [0.3, 0.4) is 0 Å². The molecule has 5 atom stereocenters. The van der Waals surface area contributed by atoms with Gasteiger partial charge in [0.05, 0.1) is 0 Å². The molecule has 1 N–H and O–H groups in total. The summed E-state index contributed by atoms with van der Waals surface area (Å²) in [6, 6.07) is -0.996. The Balaban J connectivity index is 3.16. The zero-order valence-corrected chi connectivity index (χ0v) is 14.8. The molecule has 1 aliphatic heterocycles. The van der Waals surface area contributed by atoms with Crippen LogP contribution in [0.15, 0.2) is 0 Å². The number of methoxy groups -OCH3 is 1. The fourth-order valence-electron chi connectivity index (χ4n) is 2.51. The molecule has 0 radical (unpaired) electrons. The summed E-state index contributed by atoms with van der Waals surface area (Å²) in [4.78, 5) is 45.4. The molecule has 142 valence electrons. The molecule has 0 saturated carbocycles. The number of hydrogen-bond acceptors (Lipinski definition) is 9. The molecule has 10 nitrogen and oxygen atoms in total. The monoisotopic (exact) mass is 361 g/mol. The largest absolute Gasteiger partial charge is 0.463 e. The van der Waals surface area contributed by atoms with E-state index in [-0.39, 0.29) is 6.61 Å². The number of rotatable bonds is 6. The van der Waals surface area contributed by atoms with E-state index in [0.29, 0.717) is 0 Å². The lowest BCUT2D eigenvalue weighted by Crippen LogP contribution is -2.66. The van der Waals surface area contributed by atoms with E-state index in [1.165, 1.54) is 34.8 Å². The summed E-state index contributed by atoms with van der Waals surface area (Å²) >= 11 is 0. The second kappa shape index (κ2) is 9.33. The van der Waals surface area contributed by atoms with Crippen LogP contribution >= 0.6 is 0 Å². The van der Waals surface area contributed by atoms with E-state index in [1.54, 1.807) is 0 Å². The molecule has 0 aromatic heterocycles. The third-order valence-electron chi connectivity index (χ3n) is 3.32. The maximum absolute atomic E-state index is 11.5. The molecule has 1 amide bonds. The molecule has 0 aromatic rings. The van der Waals surface area contributed by atoms with Gasteiger partial charge >= 0.3 is 17.9 Å². The summed E-state index contributed by atoms with van der Waals surface area (Å²) in [6.07, 6.45) is -4.03. The molecule has 1 aliphatic rings. The van der Waals surface area contributed by atoms with Crippen LogP contribution in [0.5, 0.6) is 0 Å². The van der Waals surface area contributed by atoms with Crippen LogP contribution in [0.4, 0.5) is 0 Å². The fourth-order valence-corrected chi connectivity index (χ4v) is 2.51. The average molecular weight is 361 g/mol. The molecule has 25 heavy (non-hydrogen) atoms. The quantitative estimate of drug-likeness (QED) is 0.482. The van der Waals surface area contributed by atoms with Crippen LogP contribution in [0.1, 0.15) is 27.7 Å². The highest BCUT2D eigenvalue weighted by Crippen LogP contribution is 2.27. The fraction of sp³-hybridized carbons (Fsp3) is 0.733. The average Bonchev–Trinajstić information content (AvgIpc) is 2.47. The van der Waals surface area contributed by atoms with Crippen molar-refractivity contribution in [2.75, 3.05) is 13.7 Å². The molecule has 2 unspecified atom stereocenters. The first-order valence-electron chi connectivity index (χ1n) is 7.58. The number of carbonyl (C=O) groups excluding carboxylic acids is 4. The summed E-state index contributed by atoms with van der Waals surface area (Å²) < 4.78 is 26.2. The molecule has 1 heterocycles. The minimum Gasteiger partial charge on any atom is -0.463 e. The predicted octanol–water partition coefficient (Wildman–Crippen LogP) is -0.711. The van der Waals surface area contributed by atoms with E-state index in [9.17, 15) is 19.2 Å². The van der Waals surface area contributed by atoms with Crippen LogP contribution < -0.4 is 5.32 Å². The smallest absolute Gasteiger partial charge is 0.305 e. The highest BCUT2D eigenvalue weighted by molar-refractivity contribution is 5.74. The van der Waals surface area contributed by atoms with Gasteiger partial charge in [0.15, 0.2) is 6.10 Å². The molecule has 0 bridgehead atoms. The first-order chi connectivity index (χ1) is 11.6. The number of nitrogens with one attached hydrogen (secondary N) is 1. The van der Waals surface area contributed by atoms with E-state index in [4.69, 9.17) is 23.7 Å². The Morgan fingerprint density at radius 1 is 0.920 bits per heavy atom. The van der Waals surface area contributed by atoms with Gasteiger partial charge < -0.3 is 29.0 Å². The zero-order valence-electron chi connectivity index (χ0n) is 14.8. The van der Waals surface area contributed by atoms with Crippen molar-refractivity contribution in [1.29, 1.82) is 0 Å². The molecule has 0 spiro atoms. The summed E-state index contributed by atoms with van der Waals surface area (Å²) in [5, 5.41) is 2.54. The third kappa shape index (κ3) is 6.31. The van der Waals surface area contributed by atoms with E-state index in [1.807, 2.05) is 0 Å². The number of esters is 3. The van der Waals surface area contributed by atoms with Gasteiger partial charge in [0.1, 0.15) is 24.9 Å². The second-order valence-electron chi connectivity index (χ2n) is 5.46. The number of ether oxygens (including phenoxy) is 5. The Kier molecular flexibility index (Phi) is 7.78. The summed E-state index contributed by atoms with van der Waals surface area (Å²) in [7, 11) is 1.35. The van der Waals surface area contributed by atoms with E-state index in [2.05, 4.69) is 5.32 Å². The minimum absolute atomic E-state index is 0.212. The van der Waals surface area contributed by atoms with Crippen LogP contribution in [0.25, 0.3) is 0 Å². The van der Waals surface area contributed by atoms with Gasteiger partial charge in [0, 0.05) is 34.8 Å². The molecule has 1 fully saturated rings. The van der Waals surface area contributed by atoms with Crippen LogP contribution in [0.2, 0.25) is 0 Å². The Hall–Kier alpha value is -2.20. The molecule has 1 rings (SSSR count). The van der Waals surface area contributed by atoms with Crippen LogP contribution in [-0.2, 0) is 42.9 Å². The van der Waals surface area contributed by atoms with Gasteiger partial charge in [-0.3, -0.25) is 19.2 Å². The third-order valence-corrected chi connectivity index (χ3v) is 3.32. The maximum atomic E-state index is 11.5. The highest BCUT2D eigenvalue weighted by Gasteiger charge is 2.50. The van der Waals surface area contributed by atoms with Gasteiger partial charge in [0.25, 0.3) is 0 Å². The lowest BCUT2D eigenvalue weighted by molar-refractivity contribution is -0.271. The number of hydrogen-bond donors (Lipinski definition) is 1. The van der Waals surface area contributed by atoms with Crippen molar-refractivity contribution in [2.45, 2.75) is 58.3 Å². The minimum atomic E-state index is -1.25. The van der Waals surface area contributed by atoms with Gasteiger partial charge in [-0.1, -0.05) is 0 Å². The normalized spacial score (nSPS) is 28.6. The molecule has 0 aliphatic carbocycles. The van der Waals surface area contributed by atoms with Gasteiger partial charge in [-0.2, -0.15) is 0 Å².